The minimum Gasteiger partial charge on any atom is -0.382 e. The summed E-state index contributed by atoms with van der Waals surface area (Å²) in [6.07, 6.45) is 1.42. The van der Waals surface area contributed by atoms with Crippen molar-refractivity contribution < 1.29 is 13.5 Å². The molecule has 1 unspecified atom stereocenters. The SMILES string of the molecule is CCOCCC(Cc1cc(F)cc(F)c1)NC. The second-order valence-electron chi connectivity index (χ2n) is 3.95. The molecule has 1 N–H and O–H groups in total. The van der Waals surface area contributed by atoms with Gasteiger partial charge in [-0.05, 0) is 44.5 Å². The van der Waals surface area contributed by atoms with Crippen molar-refractivity contribution in [2.45, 2.75) is 25.8 Å². The number of nitrogens with one attached hydrogen (secondary N) is 1. The van der Waals surface area contributed by atoms with E-state index >= 15 is 0 Å². The van der Waals surface area contributed by atoms with Gasteiger partial charge >= 0.3 is 0 Å². The monoisotopic (exact) mass is 243 g/mol. The van der Waals surface area contributed by atoms with Crippen LogP contribution in [0.2, 0.25) is 0 Å². The van der Waals surface area contributed by atoms with E-state index in [0.717, 1.165) is 12.5 Å². The largest absolute Gasteiger partial charge is 0.382 e. The molecule has 0 aliphatic carbocycles. The van der Waals surface area contributed by atoms with Crippen molar-refractivity contribution in [1.82, 2.24) is 5.32 Å². The van der Waals surface area contributed by atoms with Gasteiger partial charge in [-0.1, -0.05) is 0 Å². The smallest absolute Gasteiger partial charge is 0.126 e. The van der Waals surface area contributed by atoms with Gasteiger partial charge in [0.2, 0.25) is 0 Å². The van der Waals surface area contributed by atoms with E-state index in [0.29, 0.717) is 25.2 Å². The maximum Gasteiger partial charge on any atom is 0.126 e. The summed E-state index contributed by atoms with van der Waals surface area (Å²) < 4.78 is 31.3. The van der Waals surface area contributed by atoms with Gasteiger partial charge in [0.15, 0.2) is 0 Å². The summed E-state index contributed by atoms with van der Waals surface area (Å²) in [5, 5.41) is 3.12. The quantitative estimate of drug-likeness (QED) is 0.743. The van der Waals surface area contributed by atoms with Crippen LogP contribution in [0.5, 0.6) is 0 Å². The highest BCUT2D eigenvalue weighted by atomic mass is 19.1. The third-order valence-electron chi connectivity index (χ3n) is 2.63. The summed E-state index contributed by atoms with van der Waals surface area (Å²) in [6.45, 7) is 3.28. The first-order valence-electron chi connectivity index (χ1n) is 5.85. The topological polar surface area (TPSA) is 21.3 Å². The first-order chi connectivity index (χ1) is 8.15. The Kier molecular flexibility index (Phi) is 6.08. The molecule has 0 bridgehead atoms. The summed E-state index contributed by atoms with van der Waals surface area (Å²) in [7, 11) is 1.84. The van der Waals surface area contributed by atoms with E-state index in [-0.39, 0.29) is 6.04 Å². The van der Waals surface area contributed by atoms with Crippen LogP contribution in [0.1, 0.15) is 18.9 Å². The van der Waals surface area contributed by atoms with Crippen LogP contribution < -0.4 is 5.32 Å². The first-order valence-corrected chi connectivity index (χ1v) is 5.85. The molecule has 0 aliphatic rings. The summed E-state index contributed by atoms with van der Waals surface area (Å²) in [4.78, 5) is 0. The molecule has 96 valence electrons. The van der Waals surface area contributed by atoms with Crippen molar-refractivity contribution in [3.8, 4) is 0 Å². The normalized spacial score (nSPS) is 12.7. The van der Waals surface area contributed by atoms with Crippen LogP contribution in [0.25, 0.3) is 0 Å². The van der Waals surface area contributed by atoms with Gasteiger partial charge in [-0.3, -0.25) is 0 Å². The summed E-state index contributed by atoms with van der Waals surface area (Å²) in [6, 6.07) is 3.79. The van der Waals surface area contributed by atoms with Gasteiger partial charge in [-0.15, -0.1) is 0 Å². The Hall–Kier alpha value is -1.00. The van der Waals surface area contributed by atoms with Gasteiger partial charge < -0.3 is 10.1 Å². The molecule has 2 nitrogen and oxygen atoms in total. The molecule has 1 aromatic rings. The van der Waals surface area contributed by atoms with E-state index in [2.05, 4.69) is 5.32 Å². The van der Waals surface area contributed by atoms with Gasteiger partial charge in [0.1, 0.15) is 11.6 Å². The molecule has 0 heterocycles. The average molecular weight is 243 g/mol. The molecule has 0 aromatic heterocycles. The molecule has 1 atom stereocenters. The zero-order valence-electron chi connectivity index (χ0n) is 10.3. The molecule has 0 saturated carbocycles. The number of hydrogen-bond donors (Lipinski definition) is 1. The number of ether oxygens (including phenoxy) is 1. The second-order valence-corrected chi connectivity index (χ2v) is 3.95. The maximum absolute atomic E-state index is 13.0. The molecular weight excluding hydrogens is 224 g/mol. The van der Waals surface area contributed by atoms with Crippen molar-refractivity contribution >= 4 is 0 Å². The standard InChI is InChI=1S/C13H19F2NO/c1-3-17-5-4-13(16-2)8-10-6-11(14)9-12(15)7-10/h6-7,9,13,16H,3-5,8H2,1-2H3. The number of benzene rings is 1. The highest BCUT2D eigenvalue weighted by Crippen LogP contribution is 2.11. The summed E-state index contributed by atoms with van der Waals surface area (Å²) in [5.41, 5.74) is 0.665. The summed E-state index contributed by atoms with van der Waals surface area (Å²) >= 11 is 0. The molecule has 0 radical (unpaired) electrons. The van der Waals surface area contributed by atoms with E-state index in [4.69, 9.17) is 4.74 Å². The lowest BCUT2D eigenvalue weighted by molar-refractivity contribution is 0.137. The lowest BCUT2D eigenvalue weighted by Crippen LogP contribution is -2.29. The van der Waals surface area contributed by atoms with Crippen molar-refractivity contribution in [3.63, 3.8) is 0 Å². The predicted molar refractivity (Wildman–Crippen MR) is 64.0 cm³/mol. The van der Waals surface area contributed by atoms with E-state index in [1.807, 2.05) is 14.0 Å². The molecule has 0 saturated heterocycles. The van der Waals surface area contributed by atoms with Gasteiger partial charge in [-0.2, -0.15) is 0 Å². The van der Waals surface area contributed by atoms with Crippen molar-refractivity contribution in [3.05, 3.63) is 35.4 Å². The van der Waals surface area contributed by atoms with Gasteiger partial charge in [-0.25, -0.2) is 8.78 Å². The fraction of sp³-hybridized carbons (Fsp3) is 0.538. The Bertz CT molecular complexity index is 324. The highest BCUT2D eigenvalue weighted by molar-refractivity contribution is 5.18. The number of halogens is 2. The number of likely N-dealkylation sites (N-methyl/N-ethyl adjacent to an activating group) is 1. The highest BCUT2D eigenvalue weighted by Gasteiger charge is 2.09. The first kappa shape index (κ1) is 14.1. The Morgan fingerprint density at radius 2 is 1.88 bits per heavy atom. The van der Waals surface area contributed by atoms with Crippen LogP contribution in [0.15, 0.2) is 18.2 Å². The van der Waals surface area contributed by atoms with Gasteiger partial charge in [0, 0.05) is 25.3 Å². The number of hydrogen-bond acceptors (Lipinski definition) is 2. The lowest BCUT2D eigenvalue weighted by atomic mass is 10.0. The van der Waals surface area contributed by atoms with Crippen LogP contribution in [0.4, 0.5) is 8.78 Å². The molecule has 0 amide bonds. The third-order valence-corrected chi connectivity index (χ3v) is 2.63. The van der Waals surface area contributed by atoms with E-state index in [1.54, 1.807) is 0 Å². The minimum atomic E-state index is -0.528. The minimum absolute atomic E-state index is 0.169. The van der Waals surface area contributed by atoms with E-state index in [1.165, 1.54) is 12.1 Å². The molecule has 0 spiro atoms. The Morgan fingerprint density at radius 1 is 1.24 bits per heavy atom. The zero-order valence-corrected chi connectivity index (χ0v) is 10.3. The van der Waals surface area contributed by atoms with Crippen LogP contribution >= 0.6 is 0 Å². The van der Waals surface area contributed by atoms with Crippen LogP contribution in [0, 0.1) is 11.6 Å². The maximum atomic E-state index is 13.0. The second kappa shape index (κ2) is 7.35. The van der Waals surface area contributed by atoms with Crippen molar-refractivity contribution in [2.75, 3.05) is 20.3 Å². The molecule has 0 fully saturated rings. The average Bonchev–Trinajstić information content (AvgIpc) is 2.26. The molecule has 1 aromatic carbocycles. The Balaban J connectivity index is 2.54. The predicted octanol–water partition coefficient (Wildman–Crippen LogP) is 2.52. The Labute approximate surface area is 101 Å². The lowest BCUT2D eigenvalue weighted by Gasteiger charge is -2.16. The third kappa shape index (κ3) is 5.24. The molecule has 0 aliphatic heterocycles. The Morgan fingerprint density at radius 3 is 2.41 bits per heavy atom. The fourth-order valence-electron chi connectivity index (χ4n) is 1.73. The van der Waals surface area contributed by atoms with Crippen molar-refractivity contribution in [2.24, 2.45) is 0 Å². The van der Waals surface area contributed by atoms with E-state index < -0.39 is 11.6 Å². The number of rotatable bonds is 7. The van der Waals surface area contributed by atoms with Crippen molar-refractivity contribution in [1.29, 1.82) is 0 Å². The molecule has 4 heteroatoms. The molecule has 1 rings (SSSR count). The van der Waals surface area contributed by atoms with E-state index in [9.17, 15) is 8.78 Å². The molecule has 17 heavy (non-hydrogen) atoms. The fourth-order valence-corrected chi connectivity index (χ4v) is 1.73. The van der Waals surface area contributed by atoms with Crippen LogP contribution in [-0.2, 0) is 11.2 Å². The molecular formula is C13H19F2NO. The van der Waals surface area contributed by atoms with Gasteiger partial charge in [0.25, 0.3) is 0 Å². The summed E-state index contributed by atoms with van der Waals surface area (Å²) in [5.74, 6) is -1.06. The zero-order chi connectivity index (χ0) is 12.7. The van der Waals surface area contributed by atoms with Crippen LogP contribution in [0.3, 0.4) is 0 Å². The van der Waals surface area contributed by atoms with Crippen LogP contribution in [-0.4, -0.2) is 26.3 Å². The van der Waals surface area contributed by atoms with Gasteiger partial charge in [0.05, 0.1) is 0 Å².